The second-order valence-corrected chi connectivity index (χ2v) is 24.2. The first-order valence-corrected chi connectivity index (χ1v) is 22.5. The molecule has 0 spiro atoms. The van der Waals surface area contributed by atoms with Gasteiger partial charge in [0.1, 0.15) is 6.10 Å². The van der Waals surface area contributed by atoms with Crippen molar-refractivity contribution in [3.63, 3.8) is 0 Å². The summed E-state index contributed by atoms with van der Waals surface area (Å²) < 4.78 is 43.9. The molecule has 2 aromatic carbocycles. The summed E-state index contributed by atoms with van der Waals surface area (Å²) >= 11 is 0. The Hall–Kier alpha value is -0.972. The van der Waals surface area contributed by atoms with Gasteiger partial charge in [-0.15, -0.1) is 0 Å². The molecule has 200 valence electrons. The van der Waals surface area contributed by atoms with Gasteiger partial charge in [-0.3, -0.25) is 0 Å². The van der Waals surface area contributed by atoms with Crippen LogP contribution < -0.4 is 10.4 Å². The molecule has 0 radical (unpaired) electrons. The summed E-state index contributed by atoms with van der Waals surface area (Å²) in [4.78, 5) is 0. The van der Waals surface area contributed by atoms with Crippen LogP contribution in [-0.2, 0) is 30.7 Å². The molecular weight excluding hydrogens is 525 g/mol. The second-order valence-electron chi connectivity index (χ2n) is 10.1. The first kappa shape index (κ1) is 29.6. The Morgan fingerprint density at radius 3 is 1.75 bits per heavy atom. The standard InChI is InChI=1S/C25H42O7Si4/c1-26-33(3,4)31-36(24-15-10-8-11-16-24,25-17-12-9-13-18-25)32-34(5,6)30-35(7,27-2)20-14-19-28-21-23-22-29-23/h8-13,15-18,23H,14,19-22H2,1-7H3. The largest absolute Gasteiger partial charge is 0.415 e. The maximum Gasteiger partial charge on any atom is 0.389 e. The lowest BCUT2D eigenvalue weighted by atomic mass is 10.4. The number of benzene rings is 2. The average Bonchev–Trinajstić information content (AvgIpc) is 3.68. The monoisotopic (exact) mass is 566 g/mol. The van der Waals surface area contributed by atoms with Gasteiger partial charge in [0.05, 0.1) is 13.2 Å². The molecule has 2 atom stereocenters. The minimum absolute atomic E-state index is 0.279. The molecule has 2 aromatic rings. The van der Waals surface area contributed by atoms with E-state index >= 15 is 0 Å². The molecule has 7 nitrogen and oxygen atoms in total. The zero-order chi connectivity index (χ0) is 26.3. The van der Waals surface area contributed by atoms with Crippen molar-refractivity contribution in [3.05, 3.63) is 60.7 Å². The van der Waals surface area contributed by atoms with Crippen LogP contribution in [-0.4, -0.2) is 74.4 Å². The van der Waals surface area contributed by atoms with Crippen molar-refractivity contribution in [2.75, 3.05) is 34.0 Å². The van der Waals surface area contributed by atoms with Crippen molar-refractivity contribution < 1.29 is 30.7 Å². The van der Waals surface area contributed by atoms with Gasteiger partial charge in [-0.1, -0.05) is 60.7 Å². The van der Waals surface area contributed by atoms with Gasteiger partial charge in [0, 0.05) is 20.8 Å². The van der Waals surface area contributed by atoms with E-state index in [1.807, 2.05) is 36.4 Å². The van der Waals surface area contributed by atoms with Gasteiger partial charge in [-0.25, -0.2) is 0 Å². The Kier molecular flexibility index (Phi) is 10.4. The Morgan fingerprint density at radius 1 is 0.750 bits per heavy atom. The molecule has 1 fully saturated rings. The zero-order valence-electron chi connectivity index (χ0n) is 22.7. The predicted octanol–water partition coefficient (Wildman–Crippen LogP) is 3.87. The van der Waals surface area contributed by atoms with Crippen LogP contribution in [0.5, 0.6) is 0 Å². The molecule has 0 amide bonds. The Bertz CT molecular complexity index is 889. The lowest BCUT2D eigenvalue weighted by molar-refractivity contribution is 0.115. The van der Waals surface area contributed by atoms with Crippen molar-refractivity contribution in [2.45, 2.75) is 51.3 Å². The van der Waals surface area contributed by atoms with E-state index in [0.717, 1.165) is 29.4 Å². The highest BCUT2D eigenvalue weighted by Crippen LogP contribution is 2.27. The van der Waals surface area contributed by atoms with E-state index in [-0.39, 0.29) is 6.10 Å². The predicted molar refractivity (Wildman–Crippen MR) is 152 cm³/mol. The van der Waals surface area contributed by atoms with E-state index in [4.69, 9.17) is 30.7 Å². The lowest BCUT2D eigenvalue weighted by Gasteiger charge is -2.43. The van der Waals surface area contributed by atoms with Gasteiger partial charge < -0.3 is 30.7 Å². The average molecular weight is 567 g/mol. The van der Waals surface area contributed by atoms with E-state index in [1.54, 1.807) is 14.2 Å². The Labute approximate surface area is 221 Å². The summed E-state index contributed by atoms with van der Waals surface area (Å²) in [5, 5.41) is 2.07. The molecule has 0 N–H and O–H groups in total. The van der Waals surface area contributed by atoms with Gasteiger partial charge in [0.2, 0.25) is 0 Å². The van der Waals surface area contributed by atoms with Crippen LogP contribution in [0.4, 0.5) is 0 Å². The molecule has 1 aliphatic heterocycles. The van der Waals surface area contributed by atoms with Crippen LogP contribution in [0.2, 0.25) is 38.8 Å². The topological polar surface area (TPSA) is 67.9 Å². The smallest absolute Gasteiger partial charge is 0.389 e. The van der Waals surface area contributed by atoms with Gasteiger partial charge in [-0.2, -0.15) is 0 Å². The molecule has 1 aliphatic rings. The van der Waals surface area contributed by atoms with Crippen LogP contribution in [0.15, 0.2) is 60.7 Å². The van der Waals surface area contributed by atoms with Crippen LogP contribution >= 0.6 is 0 Å². The third-order valence-electron chi connectivity index (χ3n) is 6.10. The van der Waals surface area contributed by atoms with E-state index in [1.165, 1.54) is 0 Å². The minimum atomic E-state index is -3.20. The van der Waals surface area contributed by atoms with Gasteiger partial charge in [0.15, 0.2) is 0 Å². The van der Waals surface area contributed by atoms with Gasteiger partial charge in [0.25, 0.3) is 0 Å². The summed E-state index contributed by atoms with van der Waals surface area (Å²) in [5.41, 5.74) is 0. The van der Waals surface area contributed by atoms with Crippen LogP contribution in [0.25, 0.3) is 0 Å². The van der Waals surface area contributed by atoms with Crippen molar-refractivity contribution in [1.29, 1.82) is 0 Å². The first-order valence-electron chi connectivity index (χ1n) is 12.5. The van der Waals surface area contributed by atoms with E-state index in [0.29, 0.717) is 13.2 Å². The maximum absolute atomic E-state index is 7.20. The summed E-state index contributed by atoms with van der Waals surface area (Å²) in [6, 6.07) is 21.3. The van der Waals surface area contributed by atoms with Crippen molar-refractivity contribution in [3.8, 4) is 0 Å². The number of ether oxygens (including phenoxy) is 2. The zero-order valence-corrected chi connectivity index (χ0v) is 26.7. The van der Waals surface area contributed by atoms with Crippen LogP contribution in [0, 0.1) is 0 Å². The van der Waals surface area contributed by atoms with E-state index < -0.39 is 34.2 Å². The van der Waals surface area contributed by atoms with E-state index in [2.05, 4.69) is 57.0 Å². The molecule has 2 unspecified atom stereocenters. The summed E-state index contributed by atoms with van der Waals surface area (Å²) in [6.45, 7) is 12.5. The van der Waals surface area contributed by atoms with Gasteiger partial charge >= 0.3 is 34.2 Å². The van der Waals surface area contributed by atoms with Crippen molar-refractivity contribution in [1.82, 2.24) is 0 Å². The second kappa shape index (κ2) is 12.7. The van der Waals surface area contributed by atoms with Gasteiger partial charge in [-0.05, 0) is 55.6 Å². The summed E-state index contributed by atoms with van der Waals surface area (Å²) in [6.07, 6.45) is 1.15. The quantitative estimate of drug-likeness (QED) is 0.174. The fraction of sp³-hybridized carbons (Fsp3) is 0.520. The highest BCUT2D eigenvalue weighted by atomic mass is 28.5. The molecule has 1 heterocycles. The first-order chi connectivity index (χ1) is 17.0. The molecule has 3 rings (SSSR count). The Balaban J connectivity index is 1.88. The number of epoxide rings is 1. The SMILES string of the molecule is CO[Si](C)(C)O[Si](O[Si](C)(C)O[Si](C)(CCCOCC1CO1)OC)(c1ccccc1)c1ccccc1. The molecular formula is C25H42O7Si4. The molecule has 11 heteroatoms. The minimum Gasteiger partial charge on any atom is -0.415 e. The van der Waals surface area contributed by atoms with Crippen LogP contribution in [0.3, 0.4) is 0 Å². The molecule has 0 aliphatic carbocycles. The fourth-order valence-corrected chi connectivity index (χ4v) is 20.4. The number of hydrogen-bond acceptors (Lipinski definition) is 7. The third-order valence-corrected chi connectivity index (χ3v) is 21.3. The summed E-state index contributed by atoms with van der Waals surface area (Å²) in [7, 11) is -7.55. The van der Waals surface area contributed by atoms with Crippen molar-refractivity contribution in [2.24, 2.45) is 0 Å². The molecule has 0 bridgehead atoms. The Morgan fingerprint density at radius 2 is 1.28 bits per heavy atom. The molecule has 0 saturated carbocycles. The summed E-state index contributed by atoms with van der Waals surface area (Å²) in [5.74, 6) is 0. The third kappa shape index (κ3) is 8.53. The maximum atomic E-state index is 7.20. The number of rotatable bonds is 16. The lowest BCUT2D eigenvalue weighted by Crippen LogP contribution is -2.71. The fourth-order valence-electron chi connectivity index (χ4n) is 4.08. The van der Waals surface area contributed by atoms with Crippen LogP contribution in [0.1, 0.15) is 6.42 Å². The highest BCUT2D eigenvalue weighted by molar-refractivity contribution is 7.01. The molecule has 36 heavy (non-hydrogen) atoms. The van der Waals surface area contributed by atoms with E-state index in [9.17, 15) is 0 Å². The molecule has 0 aromatic heterocycles. The van der Waals surface area contributed by atoms with Crippen molar-refractivity contribution >= 4 is 44.6 Å². The molecule has 1 saturated heterocycles. The normalized spacial score (nSPS) is 18.1. The number of hydrogen-bond donors (Lipinski definition) is 0. The highest BCUT2D eigenvalue weighted by Gasteiger charge is 2.53.